The number of fused-ring (bicyclic) bond motifs is 16. The van der Waals surface area contributed by atoms with Crippen molar-refractivity contribution in [2.75, 3.05) is 0 Å². The van der Waals surface area contributed by atoms with E-state index in [1.54, 1.807) is 0 Å². The van der Waals surface area contributed by atoms with E-state index in [9.17, 15) is 0 Å². The molecule has 3 nitrogen and oxygen atoms in total. The number of allylic oxidation sites excluding steroid dienone is 1. The molecule has 0 aliphatic heterocycles. The number of benzene rings is 9. The first kappa shape index (κ1) is 34.9. The van der Waals surface area contributed by atoms with E-state index in [-0.39, 0.29) is 0 Å². The Hall–Kier alpha value is -7.79. The molecule has 0 amide bonds. The molecular formula is C59H37N3S. The third-order valence-electron chi connectivity index (χ3n) is 13.6. The highest BCUT2D eigenvalue weighted by Crippen LogP contribution is 2.45. The number of para-hydroxylation sites is 2. The standard InChI is InChI=1S/C59H37N3S/c1-2-15-39(16-3-1)61-53-23-10-8-21-46(53)48-28-29-49-47-22-9-11-24-54(47)62(58(49)57(48)61)40-26-30-55-52(35-40)50-31-32-60-56(59(50)63-55)38-14-12-13-36(33-38)37-25-27-45-43-19-5-4-17-41(43)42-18-6-7-20-44(42)51(45)34-37/h1-10,12-23,25-35H,11,24H2. The number of rotatable bonds is 4. The molecular weight excluding hydrogens is 783 g/mol. The van der Waals surface area contributed by atoms with Gasteiger partial charge in [-0.25, -0.2) is 0 Å². The molecule has 13 aromatic rings. The molecule has 0 N–H and O–H groups in total. The maximum absolute atomic E-state index is 5.09. The van der Waals surface area contributed by atoms with Crippen LogP contribution in [-0.4, -0.2) is 14.1 Å². The van der Waals surface area contributed by atoms with Crippen molar-refractivity contribution in [1.29, 1.82) is 0 Å². The molecule has 9 aromatic carbocycles. The summed E-state index contributed by atoms with van der Waals surface area (Å²) >= 11 is 1.85. The van der Waals surface area contributed by atoms with Gasteiger partial charge in [0, 0.05) is 66.0 Å². The molecule has 0 unspecified atom stereocenters. The minimum absolute atomic E-state index is 0.991. The quantitative estimate of drug-likeness (QED) is 0.162. The van der Waals surface area contributed by atoms with Gasteiger partial charge in [0.2, 0.25) is 0 Å². The maximum atomic E-state index is 5.09. The minimum Gasteiger partial charge on any atom is -0.311 e. The lowest BCUT2D eigenvalue weighted by molar-refractivity contribution is 0.889. The third-order valence-corrected chi connectivity index (χ3v) is 14.8. The van der Waals surface area contributed by atoms with Gasteiger partial charge in [0.25, 0.3) is 0 Å². The molecule has 4 aromatic heterocycles. The van der Waals surface area contributed by atoms with Crippen LogP contribution in [-0.2, 0) is 6.42 Å². The van der Waals surface area contributed by atoms with Gasteiger partial charge in [0.1, 0.15) is 0 Å². The molecule has 0 saturated heterocycles. The summed E-state index contributed by atoms with van der Waals surface area (Å²) in [5.74, 6) is 0. The van der Waals surface area contributed by atoms with Crippen LogP contribution in [0.1, 0.15) is 17.7 Å². The minimum atomic E-state index is 0.991. The van der Waals surface area contributed by atoms with Crippen molar-refractivity contribution in [2.24, 2.45) is 0 Å². The van der Waals surface area contributed by atoms with E-state index in [0.29, 0.717) is 0 Å². The number of pyridine rings is 1. The van der Waals surface area contributed by atoms with Crippen molar-refractivity contribution >= 4 is 103 Å². The highest BCUT2D eigenvalue weighted by molar-refractivity contribution is 7.26. The molecule has 294 valence electrons. The highest BCUT2D eigenvalue weighted by atomic mass is 32.1. The number of thiophene rings is 1. The van der Waals surface area contributed by atoms with Crippen molar-refractivity contribution < 1.29 is 0 Å². The van der Waals surface area contributed by atoms with Gasteiger partial charge in [-0.2, -0.15) is 0 Å². The molecule has 0 atom stereocenters. The van der Waals surface area contributed by atoms with E-state index in [2.05, 4.69) is 203 Å². The molecule has 14 rings (SSSR count). The molecule has 0 bridgehead atoms. The van der Waals surface area contributed by atoms with Crippen LogP contribution >= 0.6 is 11.3 Å². The first-order valence-electron chi connectivity index (χ1n) is 21.8. The van der Waals surface area contributed by atoms with Crippen LogP contribution in [0.5, 0.6) is 0 Å². The Bertz CT molecular complexity index is 4050. The Morgan fingerprint density at radius 3 is 1.92 bits per heavy atom. The van der Waals surface area contributed by atoms with Gasteiger partial charge in [-0.05, 0) is 111 Å². The van der Waals surface area contributed by atoms with Gasteiger partial charge in [0.05, 0.1) is 26.9 Å². The van der Waals surface area contributed by atoms with Crippen LogP contribution in [0, 0.1) is 0 Å². The Morgan fingerprint density at radius 2 is 1.10 bits per heavy atom. The number of hydrogen-bond donors (Lipinski definition) is 0. The first-order chi connectivity index (χ1) is 31.3. The summed E-state index contributed by atoms with van der Waals surface area (Å²) in [6.45, 7) is 0. The van der Waals surface area contributed by atoms with E-state index >= 15 is 0 Å². The fourth-order valence-electron chi connectivity index (χ4n) is 10.8. The second-order valence-corrected chi connectivity index (χ2v) is 18.0. The molecule has 63 heavy (non-hydrogen) atoms. The molecule has 4 heteroatoms. The van der Waals surface area contributed by atoms with Gasteiger partial charge in [0.15, 0.2) is 0 Å². The lowest BCUT2D eigenvalue weighted by Gasteiger charge is -2.15. The molecule has 0 fully saturated rings. The highest BCUT2D eigenvalue weighted by Gasteiger charge is 2.25. The summed E-state index contributed by atoms with van der Waals surface area (Å²) in [5.41, 5.74) is 13.3. The zero-order valence-corrected chi connectivity index (χ0v) is 35.0. The Kier molecular flexibility index (Phi) is 7.39. The summed E-state index contributed by atoms with van der Waals surface area (Å²) in [6, 6.07) is 67.2. The van der Waals surface area contributed by atoms with Gasteiger partial charge in [-0.15, -0.1) is 11.3 Å². The summed E-state index contributed by atoms with van der Waals surface area (Å²) in [5, 5.41) is 14.1. The maximum Gasteiger partial charge on any atom is 0.0880 e. The number of hydrogen-bond acceptors (Lipinski definition) is 2. The normalized spacial score (nSPS) is 12.9. The largest absolute Gasteiger partial charge is 0.311 e. The van der Waals surface area contributed by atoms with E-state index < -0.39 is 0 Å². The zero-order valence-electron chi connectivity index (χ0n) is 34.2. The van der Waals surface area contributed by atoms with Crippen LogP contribution in [0.15, 0.2) is 194 Å². The second kappa shape index (κ2) is 13.4. The summed E-state index contributed by atoms with van der Waals surface area (Å²) in [7, 11) is 0. The van der Waals surface area contributed by atoms with Crippen LogP contribution in [0.25, 0.3) is 125 Å². The molecule has 0 saturated carbocycles. The molecule has 1 aliphatic carbocycles. The van der Waals surface area contributed by atoms with Crippen molar-refractivity contribution in [1.82, 2.24) is 14.1 Å². The SMILES string of the molecule is C1=Cc2c(n(-c3ccc4sc5c(-c6cccc(-c7ccc8c9ccccc9c9ccccc9c8c7)c6)nccc5c4c3)c3c2ccc2c4ccccc4n(-c4ccccc4)c23)CC1. The average molecular weight is 820 g/mol. The third kappa shape index (κ3) is 5.04. The molecule has 4 heterocycles. The van der Waals surface area contributed by atoms with Crippen LogP contribution < -0.4 is 0 Å². The predicted octanol–water partition coefficient (Wildman–Crippen LogP) is 16.2. The van der Waals surface area contributed by atoms with E-state index in [4.69, 9.17) is 4.98 Å². The monoisotopic (exact) mass is 819 g/mol. The second-order valence-electron chi connectivity index (χ2n) is 16.9. The van der Waals surface area contributed by atoms with Gasteiger partial charge < -0.3 is 9.13 Å². The first-order valence-corrected chi connectivity index (χ1v) is 22.7. The number of aromatic nitrogens is 3. The van der Waals surface area contributed by atoms with Crippen molar-refractivity contribution in [3.05, 3.63) is 206 Å². The Labute approximate surface area is 367 Å². The lowest BCUT2D eigenvalue weighted by atomic mass is 9.91. The molecule has 1 aliphatic rings. The smallest absolute Gasteiger partial charge is 0.0880 e. The summed E-state index contributed by atoms with van der Waals surface area (Å²) in [4.78, 5) is 5.09. The van der Waals surface area contributed by atoms with E-state index in [1.807, 2.05) is 17.5 Å². The van der Waals surface area contributed by atoms with E-state index in [1.165, 1.54) is 119 Å². The fraction of sp³-hybridized carbons (Fsp3) is 0.0339. The van der Waals surface area contributed by atoms with Crippen LogP contribution in [0.2, 0.25) is 0 Å². The topological polar surface area (TPSA) is 22.8 Å². The van der Waals surface area contributed by atoms with Crippen LogP contribution in [0.3, 0.4) is 0 Å². The van der Waals surface area contributed by atoms with Gasteiger partial charge in [-0.3, -0.25) is 4.98 Å². The zero-order chi connectivity index (χ0) is 41.2. The van der Waals surface area contributed by atoms with Crippen molar-refractivity contribution in [3.63, 3.8) is 0 Å². The van der Waals surface area contributed by atoms with E-state index in [0.717, 1.165) is 24.1 Å². The Morgan fingerprint density at radius 1 is 0.429 bits per heavy atom. The molecule has 0 spiro atoms. The van der Waals surface area contributed by atoms with Crippen LogP contribution in [0.4, 0.5) is 0 Å². The van der Waals surface area contributed by atoms with Crippen molar-refractivity contribution in [3.8, 4) is 33.8 Å². The number of nitrogens with zero attached hydrogens (tertiary/aromatic N) is 3. The summed E-state index contributed by atoms with van der Waals surface area (Å²) in [6.07, 6.45) is 8.70. The fourth-order valence-corrected chi connectivity index (χ4v) is 12.0. The summed E-state index contributed by atoms with van der Waals surface area (Å²) < 4.78 is 7.54. The van der Waals surface area contributed by atoms with Gasteiger partial charge >= 0.3 is 0 Å². The molecule has 0 radical (unpaired) electrons. The lowest BCUT2D eigenvalue weighted by Crippen LogP contribution is -2.04. The van der Waals surface area contributed by atoms with Gasteiger partial charge in [-0.1, -0.05) is 140 Å². The average Bonchev–Trinajstić information content (AvgIpc) is 4.02. The van der Waals surface area contributed by atoms with Crippen molar-refractivity contribution in [2.45, 2.75) is 12.8 Å². The Balaban J connectivity index is 0.948. The predicted molar refractivity (Wildman–Crippen MR) is 269 cm³/mol.